The fourth-order valence-corrected chi connectivity index (χ4v) is 4.66. The summed E-state index contributed by atoms with van der Waals surface area (Å²) in [5.41, 5.74) is 0.874. The zero-order valence-corrected chi connectivity index (χ0v) is 16.5. The van der Waals surface area contributed by atoms with Crippen LogP contribution >= 0.6 is 11.3 Å². The van der Waals surface area contributed by atoms with Crippen LogP contribution in [0.4, 0.5) is 5.82 Å². The summed E-state index contributed by atoms with van der Waals surface area (Å²) in [4.78, 5) is 39.2. The molecule has 144 valence electrons. The number of aromatic nitrogens is 2. The van der Waals surface area contributed by atoms with Crippen LogP contribution in [0.25, 0.3) is 10.2 Å². The van der Waals surface area contributed by atoms with Gasteiger partial charge in [0, 0.05) is 32.1 Å². The van der Waals surface area contributed by atoms with Crippen LogP contribution < -0.4 is 4.90 Å². The lowest BCUT2D eigenvalue weighted by atomic mass is 10.2. The predicted molar refractivity (Wildman–Crippen MR) is 104 cm³/mol. The van der Waals surface area contributed by atoms with Gasteiger partial charge < -0.3 is 14.5 Å². The Balaban J connectivity index is 1.61. The highest BCUT2D eigenvalue weighted by atomic mass is 32.1. The molecular formula is C19H24N4O3S. The first-order valence-electron chi connectivity index (χ1n) is 9.55. The highest BCUT2D eigenvalue weighted by Crippen LogP contribution is 2.36. The summed E-state index contributed by atoms with van der Waals surface area (Å²) in [5, 5.41) is 0.924. The minimum Gasteiger partial charge on any atom is -0.462 e. The molecule has 0 unspecified atom stereocenters. The Morgan fingerprint density at radius 3 is 2.78 bits per heavy atom. The highest BCUT2D eigenvalue weighted by molar-refractivity contribution is 7.20. The summed E-state index contributed by atoms with van der Waals surface area (Å²) in [6.07, 6.45) is 4.55. The van der Waals surface area contributed by atoms with Gasteiger partial charge in [-0.1, -0.05) is 0 Å². The SMILES string of the molecule is CCOC(=O)c1sc2ncnc(N3CCCN(C(=O)C4CC4)CC3)c2c1C. The summed E-state index contributed by atoms with van der Waals surface area (Å²) < 4.78 is 5.18. The van der Waals surface area contributed by atoms with E-state index < -0.39 is 0 Å². The van der Waals surface area contributed by atoms with Crippen LogP contribution in [0.1, 0.15) is 41.4 Å². The number of aryl methyl sites for hydroxylation is 1. The van der Waals surface area contributed by atoms with Crippen molar-refractivity contribution in [3.05, 3.63) is 16.8 Å². The van der Waals surface area contributed by atoms with Gasteiger partial charge in [0.2, 0.25) is 5.91 Å². The third-order valence-electron chi connectivity index (χ3n) is 5.20. The summed E-state index contributed by atoms with van der Waals surface area (Å²) in [5.74, 6) is 1.11. The van der Waals surface area contributed by atoms with E-state index >= 15 is 0 Å². The zero-order chi connectivity index (χ0) is 19.0. The fourth-order valence-electron chi connectivity index (χ4n) is 3.62. The lowest BCUT2D eigenvalue weighted by Crippen LogP contribution is -2.36. The van der Waals surface area contributed by atoms with Gasteiger partial charge in [0.05, 0.1) is 12.0 Å². The quantitative estimate of drug-likeness (QED) is 0.750. The maximum absolute atomic E-state index is 12.4. The van der Waals surface area contributed by atoms with Gasteiger partial charge in [-0.3, -0.25) is 4.79 Å². The van der Waals surface area contributed by atoms with Crippen LogP contribution in [0.3, 0.4) is 0 Å². The summed E-state index contributed by atoms with van der Waals surface area (Å²) in [7, 11) is 0. The van der Waals surface area contributed by atoms with Crippen molar-refractivity contribution in [1.82, 2.24) is 14.9 Å². The van der Waals surface area contributed by atoms with Gasteiger partial charge in [-0.2, -0.15) is 0 Å². The number of rotatable bonds is 4. The standard InChI is InChI=1S/C19H24N4O3S/c1-3-26-19(25)15-12(2)14-16(20-11-21-17(14)27-15)22-7-4-8-23(10-9-22)18(24)13-5-6-13/h11,13H,3-10H2,1-2H3. The number of carbonyl (C=O) groups excluding carboxylic acids is 2. The lowest BCUT2D eigenvalue weighted by Gasteiger charge is -2.23. The summed E-state index contributed by atoms with van der Waals surface area (Å²) in [6.45, 7) is 7.18. The zero-order valence-electron chi connectivity index (χ0n) is 15.7. The topological polar surface area (TPSA) is 75.6 Å². The van der Waals surface area contributed by atoms with Crippen molar-refractivity contribution in [2.75, 3.05) is 37.7 Å². The van der Waals surface area contributed by atoms with E-state index in [1.54, 1.807) is 13.3 Å². The Bertz CT molecular complexity index is 877. The number of fused-ring (bicyclic) bond motifs is 1. The number of hydrogen-bond acceptors (Lipinski definition) is 7. The first-order chi connectivity index (χ1) is 13.1. The molecule has 0 aromatic carbocycles. The highest BCUT2D eigenvalue weighted by Gasteiger charge is 2.34. The van der Waals surface area contributed by atoms with E-state index in [0.717, 1.165) is 67.0 Å². The van der Waals surface area contributed by atoms with E-state index in [9.17, 15) is 9.59 Å². The Morgan fingerprint density at radius 1 is 1.22 bits per heavy atom. The first-order valence-corrected chi connectivity index (χ1v) is 10.4. The molecule has 0 bridgehead atoms. The van der Waals surface area contributed by atoms with Crippen molar-refractivity contribution in [2.45, 2.75) is 33.1 Å². The average Bonchev–Trinajstić information content (AvgIpc) is 3.48. The van der Waals surface area contributed by atoms with Crippen molar-refractivity contribution in [1.29, 1.82) is 0 Å². The van der Waals surface area contributed by atoms with Gasteiger partial charge in [-0.15, -0.1) is 11.3 Å². The van der Waals surface area contributed by atoms with Gasteiger partial charge in [-0.05, 0) is 38.7 Å². The first kappa shape index (κ1) is 18.2. The van der Waals surface area contributed by atoms with E-state index in [-0.39, 0.29) is 11.9 Å². The molecule has 1 amide bonds. The molecule has 2 aliphatic rings. The van der Waals surface area contributed by atoms with Gasteiger partial charge in [0.1, 0.15) is 21.9 Å². The number of nitrogens with zero attached hydrogens (tertiary/aromatic N) is 4. The van der Waals surface area contributed by atoms with Gasteiger partial charge >= 0.3 is 5.97 Å². The number of carbonyl (C=O) groups is 2. The fraction of sp³-hybridized carbons (Fsp3) is 0.579. The minimum atomic E-state index is -0.305. The van der Waals surface area contributed by atoms with Crippen molar-refractivity contribution in [3.8, 4) is 0 Å². The van der Waals surface area contributed by atoms with E-state index in [1.807, 2.05) is 11.8 Å². The lowest BCUT2D eigenvalue weighted by molar-refractivity contribution is -0.132. The molecule has 0 radical (unpaired) electrons. The number of amides is 1. The number of ether oxygens (including phenoxy) is 1. The van der Waals surface area contributed by atoms with E-state index in [2.05, 4.69) is 14.9 Å². The third-order valence-corrected chi connectivity index (χ3v) is 6.38. The summed E-state index contributed by atoms with van der Waals surface area (Å²) in [6, 6.07) is 0. The molecule has 1 saturated carbocycles. The number of anilines is 1. The molecule has 7 nitrogen and oxygen atoms in total. The molecule has 8 heteroatoms. The Hall–Kier alpha value is -2.22. The number of hydrogen-bond donors (Lipinski definition) is 0. The smallest absolute Gasteiger partial charge is 0.348 e. The van der Waals surface area contributed by atoms with E-state index in [0.29, 0.717) is 17.4 Å². The molecule has 3 heterocycles. The van der Waals surface area contributed by atoms with Crippen molar-refractivity contribution >= 4 is 39.2 Å². The minimum absolute atomic E-state index is 0.258. The normalized spacial score (nSPS) is 17.9. The monoisotopic (exact) mass is 388 g/mol. The Labute approximate surface area is 162 Å². The second-order valence-electron chi connectivity index (χ2n) is 7.09. The van der Waals surface area contributed by atoms with Crippen LogP contribution in [-0.2, 0) is 9.53 Å². The summed E-state index contributed by atoms with van der Waals surface area (Å²) >= 11 is 1.36. The molecular weight excluding hydrogens is 364 g/mol. The molecule has 2 aromatic heterocycles. The predicted octanol–water partition coefficient (Wildman–Crippen LogP) is 2.63. The maximum Gasteiger partial charge on any atom is 0.348 e. The molecule has 2 fully saturated rings. The molecule has 27 heavy (non-hydrogen) atoms. The van der Waals surface area contributed by atoms with Crippen LogP contribution in [0, 0.1) is 12.8 Å². The van der Waals surface area contributed by atoms with Crippen molar-refractivity contribution in [3.63, 3.8) is 0 Å². The van der Waals surface area contributed by atoms with Crippen molar-refractivity contribution < 1.29 is 14.3 Å². The molecule has 4 rings (SSSR count). The van der Waals surface area contributed by atoms with E-state index in [1.165, 1.54) is 11.3 Å². The van der Waals surface area contributed by atoms with Gasteiger partial charge in [-0.25, -0.2) is 14.8 Å². The second kappa shape index (κ2) is 7.42. The number of thiophene rings is 1. The average molecular weight is 388 g/mol. The van der Waals surface area contributed by atoms with Gasteiger partial charge in [0.15, 0.2) is 0 Å². The maximum atomic E-state index is 12.4. The molecule has 1 aliphatic heterocycles. The van der Waals surface area contributed by atoms with Gasteiger partial charge in [0.25, 0.3) is 0 Å². The molecule has 0 atom stereocenters. The third kappa shape index (κ3) is 3.50. The Morgan fingerprint density at radius 2 is 2.04 bits per heavy atom. The molecule has 0 N–H and O–H groups in total. The second-order valence-corrected chi connectivity index (χ2v) is 8.09. The van der Waals surface area contributed by atoms with Crippen LogP contribution in [0.15, 0.2) is 6.33 Å². The molecule has 1 aliphatic carbocycles. The Kier molecular flexibility index (Phi) is 4.99. The largest absolute Gasteiger partial charge is 0.462 e. The molecule has 1 saturated heterocycles. The van der Waals surface area contributed by atoms with Crippen molar-refractivity contribution in [2.24, 2.45) is 5.92 Å². The van der Waals surface area contributed by atoms with E-state index in [4.69, 9.17) is 4.74 Å². The van der Waals surface area contributed by atoms with Crippen LogP contribution in [-0.4, -0.2) is 59.5 Å². The number of esters is 1. The van der Waals surface area contributed by atoms with Crippen LogP contribution in [0.5, 0.6) is 0 Å². The van der Waals surface area contributed by atoms with Crippen LogP contribution in [0.2, 0.25) is 0 Å². The molecule has 2 aromatic rings. The molecule has 0 spiro atoms.